The first-order chi connectivity index (χ1) is 13.9. The van der Waals surface area contributed by atoms with E-state index in [1.807, 2.05) is 0 Å². The summed E-state index contributed by atoms with van der Waals surface area (Å²) in [6.45, 7) is -0.118. The second-order valence-corrected chi connectivity index (χ2v) is 8.78. The number of amides is 1. The molecule has 3 aromatic rings. The van der Waals surface area contributed by atoms with E-state index in [1.54, 1.807) is 42.6 Å². The summed E-state index contributed by atoms with van der Waals surface area (Å²) in [7, 11) is -2.29. The number of benzene rings is 2. The largest absolute Gasteiger partial charge is 0.497 e. The number of sulfone groups is 1. The molecule has 1 amide bonds. The molecular formula is C21H19ClN2O4S. The van der Waals surface area contributed by atoms with E-state index >= 15 is 0 Å². The third-order valence-corrected chi connectivity index (χ3v) is 6.72. The Bertz CT molecular complexity index is 1090. The van der Waals surface area contributed by atoms with Crippen molar-refractivity contribution >= 4 is 27.3 Å². The van der Waals surface area contributed by atoms with Crippen molar-refractivity contribution in [2.75, 3.05) is 13.7 Å². The lowest BCUT2D eigenvalue weighted by Gasteiger charge is -2.19. The predicted octanol–water partition coefficient (Wildman–Crippen LogP) is 3.69. The quantitative estimate of drug-likeness (QED) is 0.617. The zero-order chi connectivity index (χ0) is 20.9. The Hall–Kier alpha value is -2.90. The van der Waals surface area contributed by atoms with Gasteiger partial charge in [0.2, 0.25) is 0 Å². The van der Waals surface area contributed by atoms with Gasteiger partial charge in [-0.15, -0.1) is 0 Å². The summed E-state index contributed by atoms with van der Waals surface area (Å²) in [6, 6.07) is 15.9. The van der Waals surface area contributed by atoms with Crippen molar-refractivity contribution in [2.45, 2.75) is 10.1 Å². The molecule has 1 aromatic heterocycles. The van der Waals surface area contributed by atoms with Crippen molar-refractivity contribution < 1.29 is 17.9 Å². The topological polar surface area (TPSA) is 85.4 Å². The van der Waals surface area contributed by atoms with E-state index in [0.717, 1.165) is 0 Å². The van der Waals surface area contributed by atoms with Gasteiger partial charge in [0.25, 0.3) is 5.91 Å². The Morgan fingerprint density at radius 2 is 1.90 bits per heavy atom. The van der Waals surface area contributed by atoms with Gasteiger partial charge in [-0.25, -0.2) is 8.42 Å². The molecule has 0 fully saturated rings. The van der Waals surface area contributed by atoms with Crippen molar-refractivity contribution in [1.82, 2.24) is 10.3 Å². The third kappa shape index (κ3) is 4.93. The molecule has 1 unspecified atom stereocenters. The fourth-order valence-corrected chi connectivity index (χ4v) is 4.58. The van der Waals surface area contributed by atoms with Crippen LogP contribution in [0.4, 0.5) is 0 Å². The number of carbonyl (C=O) groups is 1. The van der Waals surface area contributed by atoms with Gasteiger partial charge in [0.05, 0.1) is 12.0 Å². The average Bonchev–Trinajstić information content (AvgIpc) is 2.74. The van der Waals surface area contributed by atoms with Gasteiger partial charge in [0.1, 0.15) is 11.0 Å². The van der Waals surface area contributed by atoms with E-state index in [0.29, 0.717) is 21.9 Å². The molecule has 1 heterocycles. The van der Waals surface area contributed by atoms with Crippen molar-refractivity contribution in [3.05, 3.63) is 89.2 Å². The molecule has 150 valence electrons. The number of rotatable bonds is 7. The van der Waals surface area contributed by atoms with Crippen molar-refractivity contribution in [2.24, 2.45) is 0 Å². The molecule has 1 atom stereocenters. The zero-order valence-electron chi connectivity index (χ0n) is 15.6. The van der Waals surface area contributed by atoms with E-state index in [2.05, 4.69) is 10.3 Å². The monoisotopic (exact) mass is 430 g/mol. The fraction of sp³-hybridized carbons (Fsp3) is 0.143. The van der Waals surface area contributed by atoms with Crippen molar-refractivity contribution in [3.8, 4) is 5.75 Å². The van der Waals surface area contributed by atoms with Crippen LogP contribution in [0.15, 0.2) is 78.0 Å². The number of methoxy groups -OCH3 is 1. The van der Waals surface area contributed by atoms with Gasteiger partial charge >= 0.3 is 0 Å². The maximum absolute atomic E-state index is 13.3. The van der Waals surface area contributed by atoms with Crippen LogP contribution in [0, 0.1) is 0 Å². The number of carbonyl (C=O) groups excluding carboxylic acids is 1. The normalized spacial score (nSPS) is 12.2. The first-order valence-electron chi connectivity index (χ1n) is 8.73. The Balaban J connectivity index is 1.88. The van der Waals surface area contributed by atoms with Gasteiger partial charge < -0.3 is 10.1 Å². The fourth-order valence-electron chi connectivity index (χ4n) is 2.81. The van der Waals surface area contributed by atoms with Crippen LogP contribution in [0.2, 0.25) is 5.02 Å². The summed E-state index contributed by atoms with van der Waals surface area (Å²) in [5.74, 6) is 0.138. The molecule has 2 aromatic carbocycles. The molecule has 6 nitrogen and oxygen atoms in total. The molecule has 3 rings (SSSR count). The number of hydrogen-bond acceptors (Lipinski definition) is 5. The summed E-state index contributed by atoms with van der Waals surface area (Å²) >= 11 is 5.88. The lowest BCUT2D eigenvalue weighted by atomic mass is 10.2. The molecule has 0 aliphatic carbocycles. The zero-order valence-corrected chi connectivity index (χ0v) is 17.2. The summed E-state index contributed by atoms with van der Waals surface area (Å²) < 4.78 is 31.6. The summed E-state index contributed by atoms with van der Waals surface area (Å²) in [5, 5.41) is 2.14. The minimum absolute atomic E-state index is 0.117. The Kier molecular flexibility index (Phi) is 6.51. The van der Waals surface area contributed by atoms with Crippen LogP contribution in [0.3, 0.4) is 0 Å². The van der Waals surface area contributed by atoms with E-state index in [-0.39, 0.29) is 11.4 Å². The molecule has 0 radical (unpaired) electrons. The minimum Gasteiger partial charge on any atom is -0.497 e. The van der Waals surface area contributed by atoms with Crippen LogP contribution in [0.25, 0.3) is 0 Å². The molecule has 0 saturated carbocycles. The number of pyridine rings is 1. The number of aromatic nitrogens is 1. The molecular weight excluding hydrogens is 412 g/mol. The number of ether oxygens (including phenoxy) is 1. The van der Waals surface area contributed by atoms with Crippen LogP contribution in [-0.2, 0) is 9.84 Å². The average molecular weight is 431 g/mol. The highest BCUT2D eigenvalue weighted by Crippen LogP contribution is 2.29. The van der Waals surface area contributed by atoms with Crippen molar-refractivity contribution in [3.63, 3.8) is 0 Å². The summed E-state index contributed by atoms with van der Waals surface area (Å²) in [6.07, 6.45) is 3.04. The number of nitrogens with one attached hydrogen (secondary N) is 1. The van der Waals surface area contributed by atoms with Crippen LogP contribution in [0.1, 0.15) is 21.2 Å². The summed E-state index contributed by atoms with van der Waals surface area (Å²) in [5.41, 5.74) is 0.853. The molecule has 0 aliphatic heterocycles. The lowest BCUT2D eigenvalue weighted by Crippen LogP contribution is -2.32. The third-order valence-electron chi connectivity index (χ3n) is 4.35. The molecule has 0 aliphatic rings. The predicted molar refractivity (Wildman–Crippen MR) is 111 cm³/mol. The minimum atomic E-state index is -3.80. The highest BCUT2D eigenvalue weighted by atomic mass is 35.5. The smallest absolute Gasteiger partial charge is 0.251 e. The standard InChI is InChI=1S/C21H19ClN2O4S/c1-28-18-6-2-4-15(12-18)21(25)24-14-20(16-5-3-11-23-13-16)29(26,27)19-9-7-17(22)8-10-19/h2-13,20H,14H2,1H3,(H,24,25). The molecule has 1 N–H and O–H groups in total. The first kappa shape index (κ1) is 20.8. The lowest BCUT2D eigenvalue weighted by molar-refractivity contribution is 0.0953. The molecule has 0 bridgehead atoms. The van der Waals surface area contributed by atoms with E-state index < -0.39 is 21.0 Å². The second kappa shape index (κ2) is 9.07. The SMILES string of the molecule is COc1cccc(C(=O)NCC(c2cccnc2)S(=O)(=O)c2ccc(Cl)cc2)c1. The van der Waals surface area contributed by atoms with Gasteiger partial charge in [-0.2, -0.15) is 0 Å². The van der Waals surface area contributed by atoms with Crippen LogP contribution >= 0.6 is 11.6 Å². The van der Waals surface area contributed by atoms with E-state index in [9.17, 15) is 13.2 Å². The summed E-state index contributed by atoms with van der Waals surface area (Å²) in [4.78, 5) is 16.7. The first-order valence-corrected chi connectivity index (χ1v) is 10.7. The van der Waals surface area contributed by atoms with Gasteiger partial charge in [-0.3, -0.25) is 9.78 Å². The highest BCUT2D eigenvalue weighted by molar-refractivity contribution is 7.91. The van der Waals surface area contributed by atoms with Crippen LogP contribution in [-0.4, -0.2) is 33.0 Å². The van der Waals surface area contributed by atoms with Gasteiger partial charge in [0, 0.05) is 29.5 Å². The molecule has 29 heavy (non-hydrogen) atoms. The maximum atomic E-state index is 13.3. The number of halogens is 1. The van der Waals surface area contributed by atoms with Gasteiger partial charge in [-0.05, 0) is 54.1 Å². The Morgan fingerprint density at radius 1 is 1.14 bits per heavy atom. The maximum Gasteiger partial charge on any atom is 0.251 e. The van der Waals surface area contributed by atoms with Crippen molar-refractivity contribution in [1.29, 1.82) is 0 Å². The van der Waals surface area contributed by atoms with Crippen LogP contribution < -0.4 is 10.1 Å². The van der Waals surface area contributed by atoms with Gasteiger partial charge in [0.15, 0.2) is 9.84 Å². The van der Waals surface area contributed by atoms with E-state index in [4.69, 9.17) is 16.3 Å². The Labute approximate surface area is 174 Å². The molecule has 0 saturated heterocycles. The Morgan fingerprint density at radius 3 is 2.55 bits per heavy atom. The molecule has 8 heteroatoms. The van der Waals surface area contributed by atoms with Gasteiger partial charge in [-0.1, -0.05) is 23.7 Å². The number of nitrogens with zero attached hydrogens (tertiary/aromatic N) is 1. The molecule has 0 spiro atoms. The van der Waals surface area contributed by atoms with E-state index in [1.165, 1.54) is 37.6 Å². The second-order valence-electron chi connectivity index (χ2n) is 6.22. The number of hydrogen-bond donors (Lipinski definition) is 1. The highest BCUT2D eigenvalue weighted by Gasteiger charge is 2.30. The van der Waals surface area contributed by atoms with Crippen LogP contribution in [0.5, 0.6) is 5.75 Å².